The first kappa shape index (κ1) is 19.8. The Balaban J connectivity index is 1.57. The predicted octanol–water partition coefficient (Wildman–Crippen LogP) is 2.00. The Hall–Kier alpha value is -1.51. The van der Waals surface area contributed by atoms with Gasteiger partial charge in [0.1, 0.15) is 6.61 Å². The summed E-state index contributed by atoms with van der Waals surface area (Å²) in [5, 5.41) is 2.74. The van der Waals surface area contributed by atoms with Crippen LogP contribution in [-0.4, -0.2) is 73.9 Å². The van der Waals surface area contributed by atoms with Gasteiger partial charge in [-0.3, -0.25) is 4.79 Å². The zero-order chi connectivity index (χ0) is 18.3. The molecule has 3 amide bonds. The number of urea groups is 1. The molecule has 9 heteroatoms. The van der Waals surface area contributed by atoms with E-state index in [9.17, 15) is 22.8 Å². The summed E-state index contributed by atoms with van der Waals surface area (Å²) in [6, 6.07) is 0.0678. The summed E-state index contributed by atoms with van der Waals surface area (Å²) in [6.45, 7) is 1.77. The van der Waals surface area contributed by atoms with Gasteiger partial charge in [-0.2, -0.15) is 13.2 Å². The molecule has 0 aliphatic carbocycles. The number of nitrogens with zero attached hydrogens (tertiary/aromatic N) is 2. The molecule has 0 radical (unpaired) electrons. The van der Waals surface area contributed by atoms with E-state index in [4.69, 9.17) is 0 Å². The van der Waals surface area contributed by atoms with Gasteiger partial charge in [-0.1, -0.05) is 0 Å². The topological polar surface area (TPSA) is 61.9 Å². The smallest absolute Gasteiger partial charge is 0.372 e. The third-order valence-corrected chi connectivity index (χ3v) is 4.54. The number of hydrogen-bond donors (Lipinski definition) is 1. The number of piperidine rings is 1. The van der Waals surface area contributed by atoms with E-state index in [1.54, 1.807) is 4.90 Å². The van der Waals surface area contributed by atoms with Crippen molar-refractivity contribution in [3.05, 3.63) is 0 Å². The lowest BCUT2D eigenvalue weighted by molar-refractivity contribution is -0.174. The van der Waals surface area contributed by atoms with Crippen molar-refractivity contribution in [3.63, 3.8) is 0 Å². The van der Waals surface area contributed by atoms with Crippen LogP contribution in [0.2, 0.25) is 0 Å². The molecule has 0 atom stereocenters. The second-order valence-electron chi connectivity index (χ2n) is 6.55. The van der Waals surface area contributed by atoms with Crippen molar-refractivity contribution in [2.24, 2.45) is 5.92 Å². The number of carbonyl (C=O) groups is 2. The summed E-state index contributed by atoms with van der Waals surface area (Å²) >= 11 is 0. The van der Waals surface area contributed by atoms with E-state index in [1.807, 2.05) is 4.90 Å². The number of alkyl halides is 3. The number of rotatable bonds is 6. The number of hydrogen-bond acceptors (Lipinski definition) is 3. The Kier molecular flexibility index (Phi) is 7.34. The van der Waals surface area contributed by atoms with E-state index in [0.29, 0.717) is 38.9 Å². The highest BCUT2D eigenvalue weighted by Gasteiger charge is 2.30. The predicted molar refractivity (Wildman–Crippen MR) is 85.0 cm³/mol. The van der Waals surface area contributed by atoms with Crippen molar-refractivity contribution in [1.82, 2.24) is 15.1 Å². The fourth-order valence-electron chi connectivity index (χ4n) is 3.16. The zero-order valence-electron chi connectivity index (χ0n) is 14.3. The summed E-state index contributed by atoms with van der Waals surface area (Å²) in [5.41, 5.74) is 0. The van der Waals surface area contributed by atoms with E-state index < -0.39 is 12.8 Å². The van der Waals surface area contributed by atoms with Gasteiger partial charge in [0.25, 0.3) is 0 Å². The SMILES string of the molecule is O=C(NCCCOCC(F)(F)F)C1CCN(C(=O)N2CCCC2)CC1. The van der Waals surface area contributed by atoms with E-state index in [-0.39, 0.29) is 24.5 Å². The first-order valence-electron chi connectivity index (χ1n) is 8.83. The van der Waals surface area contributed by atoms with Crippen molar-refractivity contribution in [2.75, 3.05) is 45.9 Å². The van der Waals surface area contributed by atoms with Gasteiger partial charge >= 0.3 is 12.2 Å². The molecule has 0 aromatic rings. The average Bonchev–Trinajstić information content (AvgIpc) is 3.11. The van der Waals surface area contributed by atoms with Crippen LogP contribution in [0.3, 0.4) is 0 Å². The summed E-state index contributed by atoms with van der Waals surface area (Å²) in [4.78, 5) is 28.0. The van der Waals surface area contributed by atoms with Crippen LogP contribution in [0.5, 0.6) is 0 Å². The molecule has 144 valence electrons. The number of amides is 3. The van der Waals surface area contributed by atoms with E-state index in [2.05, 4.69) is 10.1 Å². The highest BCUT2D eigenvalue weighted by Crippen LogP contribution is 2.20. The molecular weight excluding hydrogens is 339 g/mol. The molecule has 6 nitrogen and oxygen atoms in total. The third kappa shape index (κ3) is 6.72. The van der Waals surface area contributed by atoms with Gasteiger partial charge in [0.15, 0.2) is 0 Å². The quantitative estimate of drug-likeness (QED) is 0.733. The Morgan fingerprint density at radius 3 is 2.24 bits per heavy atom. The van der Waals surface area contributed by atoms with Crippen LogP contribution < -0.4 is 5.32 Å². The van der Waals surface area contributed by atoms with Gasteiger partial charge in [0.05, 0.1) is 0 Å². The molecule has 0 unspecified atom stereocenters. The monoisotopic (exact) mass is 365 g/mol. The number of likely N-dealkylation sites (tertiary alicyclic amines) is 2. The third-order valence-electron chi connectivity index (χ3n) is 4.54. The molecule has 2 fully saturated rings. The molecule has 2 aliphatic heterocycles. The second-order valence-corrected chi connectivity index (χ2v) is 6.55. The van der Waals surface area contributed by atoms with E-state index >= 15 is 0 Å². The van der Waals surface area contributed by atoms with Crippen LogP contribution in [0.25, 0.3) is 0 Å². The maximum atomic E-state index is 12.3. The Morgan fingerprint density at radius 1 is 1.04 bits per heavy atom. The van der Waals surface area contributed by atoms with Crippen LogP contribution in [0.4, 0.5) is 18.0 Å². The molecule has 0 aromatic heterocycles. The maximum Gasteiger partial charge on any atom is 0.411 e. The summed E-state index contributed by atoms with van der Waals surface area (Å²) in [5.74, 6) is -0.234. The fourth-order valence-corrected chi connectivity index (χ4v) is 3.16. The Morgan fingerprint density at radius 2 is 1.64 bits per heavy atom. The minimum Gasteiger partial charge on any atom is -0.372 e. The molecule has 1 N–H and O–H groups in total. The number of halogens is 3. The first-order chi connectivity index (χ1) is 11.9. The van der Waals surface area contributed by atoms with Gasteiger partial charge in [0, 0.05) is 45.2 Å². The largest absolute Gasteiger partial charge is 0.411 e. The van der Waals surface area contributed by atoms with Crippen molar-refractivity contribution in [3.8, 4) is 0 Å². The fraction of sp³-hybridized carbons (Fsp3) is 0.875. The second kappa shape index (κ2) is 9.26. The molecule has 25 heavy (non-hydrogen) atoms. The Bertz CT molecular complexity index is 446. The summed E-state index contributed by atoms with van der Waals surface area (Å²) in [6.07, 6.45) is -0.627. The molecule has 2 saturated heterocycles. The molecule has 2 aliphatic rings. The van der Waals surface area contributed by atoms with Crippen LogP contribution in [0, 0.1) is 5.92 Å². The molecule has 2 rings (SSSR count). The highest BCUT2D eigenvalue weighted by atomic mass is 19.4. The van der Waals surface area contributed by atoms with Crippen molar-refractivity contribution < 1.29 is 27.5 Å². The van der Waals surface area contributed by atoms with Crippen molar-refractivity contribution in [1.29, 1.82) is 0 Å². The van der Waals surface area contributed by atoms with Gasteiger partial charge in [0.2, 0.25) is 5.91 Å². The average molecular weight is 365 g/mol. The van der Waals surface area contributed by atoms with Gasteiger partial charge in [-0.25, -0.2) is 4.79 Å². The minimum absolute atomic E-state index is 0.0391. The van der Waals surface area contributed by atoms with E-state index in [1.165, 1.54) is 0 Å². The number of nitrogens with one attached hydrogen (secondary N) is 1. The van der Waals surface area contributed by atoms with Crippen LogP contribution in [0.15, 0.2) is 0 Å². The van der Waals surface area contributed by atoms with Crippen molar-refractivity contribution in [2.45, 2.75) is 38.3 Å². The number of carbonyl (C=O) groups excluding carboxylic acids is 2. The van der Waals surface area contributed by atoms with Crippen LogP contribution >= 0.6 is 0 Å². The molecular formula is C16H26F3N3O3. The van der Waals surface area contributed by atoms with E-state index in [0.717, 1.165) is 25.9 Å². The lowest BCUT2D eigenvalue weighted by Gasteiger charge is -2.34. The standard InChI is InChI=1S/C16H26F3N3O3/c17-16(18,19)12-25-11-3-6-20-14(23)13-4-9-22(10-5-13)15(24)21-7-1-2-8-21/h13H,1-12H2,(H,20,23). The molecule has 0 bridgehead atoms. The minimum atomic E-state index is -4.32. The molecule has 0 spiro atoms. The van der Waals surface area contributed by atoms with Gasteiger partial charge < -0.3 is 19.9 Å². The van der Waals surface area contributed by atoms with Gasteiger partial charge in [-0.15, -0.1) is 0 Å². The molecule has 0 aromatic carbocycles. The summed E-state index contributed by atoms with van der Waals surface area (Å²) in [7, 11) is 0. The van der Waals surface area contributed by atoms with Crippen LogP contribution in [0.1, 0.15) is 32.1 Å². The Labute approximate surface area is 145 Å². The lowest BCUT2D eigenvalue weighted by atomic mass is 9.96. The molecule has 2 heterocycles. The highest BCUT2D eigenvalue weighted by molar-refractivity contribution is 5.79. The van der Waals surface area contributed by atoms with Crippen LogP contribution in [-0.2, 0) is 9.53 Å². The molecule has 0 saturated carbocycles. The normalized spacial score (nSPS) is 19.3. The maximum absolute atomic E-state index is 12.3. The van der Waals surface area contributed by atoms with Crippen molar-refractivity contribution >= 4 is 11.9 Å². The number of ether oxygens (including phenoxy) is 1. The zero-order valence-corrected chi connectivity index (χ0v) is 14.3. The lowest BCUT2D eigenvalue weighted by Crippen LogP contribution is -2.47. The first-order valence-corrected chi connectivity index (χ1v) is 8.83. The summed E-state index contributed by atoms with van der Waals surface area (Å²) < 4.78 is 40.2. The van der Waals surface area contributed by atoms with Gasteiger partial charge in [-0.05, 0) is 32.1 Å².